The molecule has 0 aliphatic rings. The smallest absolute Gasteiger partial charge is 0.283 e. The molecule has 0 saturated heterocycles. The van der Waals surface area contributed by atoms with E-state index in [0.717, 1.165) is 6.07 Å². The third kappa shape index (κ3) is 3.97. The van der Waals surface area contributed by atoms with Gasteiger partial charge in [-0.2, -0.15) is 0 Å². The van der Waals surface area contributed by atoms with Gasteiger partial charge in [0, 0.05) is 24.2 Å². The van der Waals surface area contributed by atoms with Crippen LogP contribution in [0.15, 0.2) is 18.2 Å². The number of carbonyl (C=O) groups is 1. The van der Waals surface area contributed by atoms with Gasteiger partial charge in [-0.05, 0) is 25.0 Å². The average molecular weight is 273 g/mol. The molecule has 0 fully saturated rings. The number of benzene rings is 1. The Morgan fingerprint density at radius 3 is 2.78 bits per heavy atom. The Balaban J connectivity index is 2.76. The van der Waals surface area contributed by atoms with Gasteiger partial charge in [-0.3, -0.25) is 14.9 Å². The van der Waals surface area contributed by atoms with Crippen LogP contribution in [0, 0.1) is 10.1 Å². The lowest BCUT2D eigenvalue weighted by Crippen LogP contribution is -2.25. The van der Waals surface area contributed by atoms with Crippen LogP contribution in [0.2, 0.25) is 5.02 Å². The van der Waals surface area contributed by atoms with Crippen LogP contribution < -0.4 is 5.32 Å². The van der Waals surface area contributed by atoms with Gasteiger partial charge in [0.05, 0.1) is 4.92 Å². The van der Waals surface area contributed by atoms with Crippen molar-refractivity contribution in [2.24, 2.45) is 0 Å². The highest BCUT2D eigenvalue weighted by Crippen LogP contribution is 2.22. The first-order valence-electron chi connectivity index (χ1n) is 5.39. The van der Waals surface area contributed by atoms with E-state index in [4.69, 9.17) is 16.7 Å². The third-order valence-corrected chi connectivity index (χ3v) is 2.51. The maximum atomic E-state index is 11.7. The molecular formula is C11H13ClN2O4. The lowest BCUT2D eigenvalue weighted by Gasteiger charge is -2.05. The first-order valence-corrected chi connectivity index (χ1v) is 5.77. The number of aliphatic hydroxyl groups is 1. The van der Waals surface area contributed by atoms with E-state index in [2.05, 4.69) is 5.32 Å². The molecule has 0 spiro atoms. The summed E-state index contributed by atoms with van der Waals surface area (Å²) in [6, 6.07) is 3.89. The van der Waals surface area contributed by atoms with Gasteiger partial charge in [-0.25, -0.2) is 0 Å². The summed E-state index contributed by atoms with van der Waals surface area (Å²) in [4.78, 5) is 21.9. The number of nitro benzene ring substituents is 1. The van der Waals surface area contributed by atoms with E-state index in [9.17, 15) is 14.9 Å². The van der Waals surface area contributed by atoms with Crippen molar-refractivity contribution in [2.45, 2.75) is 12.8 Å². The zero-order chi connectivity index (χ0) is 13.5. The lowest BCUT2D eigenvalue weighted by molar-refractivity contribution is -0.385. The number of nitrogens with zero attached hydrogens (tertiary/aromatic N) is 1. The van der Waals surface area contributed by atoms with Crippen molar-refractivity contribution in [1.82, 2.24) is 5.32 Å². The molecule has 6 nitrogen and oxygen atoms in total. The summed E-state index contributed by atoms with van der Waals surface area (Å²) in [6.45, 7) is 0.413. The Hall–Kier alpha value is -1.66. The predicted octanol–water partition coefficient (Wildman–Crippen LogP) is 1.75. The molecule has 1 rings (SSSR count). The van der Waals surface area contributed by atoms with E-state index in [-0.39, 0.29) is 22.9 Å². The van der Waals surface area contributed by atoms with Gasteiger partial charge >= 0.3 is 0 Å². The SMILES string of the molecule is O=C(NCCCCO)c1ccc(Cl)cc1[N+](=O)[O-]. The number of nitro groups is 1. The van der Waals surface area contributed by atoms with Crippen molar-refractivity contribution >= 4 is 23.2 Å². The molecule has 0 unspecified atom stereocenters. The zero-order valence-corrected chi connectivity index (χ0v) is 10.3. The molecule has 1 aromatic carbocycles. The largest absolute Gasteiger partial charge is 0.396 e. The van der Waals surface area contributed by atoms with Crippen LogP contribution in [0.1, 0.15) is 23.2 Å². The van der Waals surface area contributed by atoms with Crippen molar-refractivity contribution in [3.05, 3.63) is 38.9 Å². The molecule has 7 heteroatoms. The fourth-order valence-corrected chi connectivity index (χ4v) is 1.55. The first kappa shape index (κ1) is 14.4. The predicted molar refractivity (Wildman–Crippen MR) is 66.8 cm³/mol. The number of nitrogens with one attached hydrogen (secondary N) is 1. The van der Waals surface area contributed by atoms with E-state index in [1.807, 2.05) is 0 Å². The number of hydrogen-bond donors (Lipinski definition) is 2. The first-order chi connectivity index (χ1) is 8.56. The van der Waals surface area contributed by atoms with Gasteiger partial charge < -0.3 is 10.4 Å². The minimum absolute atomic E-state index is 0.0200. The van der Waals surface area contributed by atoms with Crippen molar-refractivity contribution in [1.29, 1.82) is 0 Å². The van der Waals surface area contributed by atoms with Crippen LogP contribution in [0.4, 0.5) is 5.69 Å². The summed E-state index contributed by atoms with van der Waals surface area (Å²) in [7, 11) is 0. The molecule has 2 N–H and O–H groups in total. The molecule has 1 amide bonds. The Labute approximate surface area is 109 Å². The van der Waals surface area contributed by atoms with Crippen LogP contribution in [0.25, 0.3) is 0 Å². The zero-order valence-electron chi connectivity index (χ0n) is 9.56. The highest BCUT2D eigenvalue weighted by Gasteiger charge is 2.19. The monoisotopic (exact) mass is 272 g/mol. The summed E-state index contributed by atoms with van der Waals surface area (Å²) in [6.07, 6.45) is 1.19. The van der Waals surface area contributed by atoms with Crippen molar-refractivity contribution < 1.29 is 14.8 Å². The van der Waals surface area contributed by atoms with Gasteiger partial charge in [-0.15, -0.1) is 0 Å². The van der Waals surface area contributed by atoms with Crippen molar-refractivity contribution in [3.8, 4) is 0 Å². The van der Waals surface area contributed by atoms with Crippen LogP contribution in [0.5, 0.6) is 0 Å². The Kier molecular flexibility index (Phi) is 5.54. The molecule has 0 saturated carbocycles. The number of rotatable bonds is 6. The Morgan fingerprint density at radius 2 is 2.17 bits per heavy atom. The van der Waals surface area contributed by atoms with Crippen LogP contribution in [-0.4, -0.2) is 29.1 Å². The van der Waals surface area contributed by atoms with Crippen molar-refractivity contribution in [3.63, 3.8) is 0 Å². The van der Waals surface area contributed by atoms with Gasteiger partial charge in [0.2, 0.25) is 0 Å². The summed E-state index contributed by atoms with van der Waals surface area (Å²) in [5.41, 5.74) is -0.337. The summed E-state index contributed by atoms with van der Waals surface area (Å²) in [5, 5.41) is 22.1. The highest BCUT2D eigenvalue weighted by molar-refractivity contribution is 6.31. The number of aliphatic hydroxyl groups excluding tert-OH is 1. The molecule has 0 atom stereocenters. The highest BCUT2D eigenvalue weighted by atomic mass is 35.5. The van der Waals surface area contributed by atoms with Crippen LogP contribution in [-0.2, 0) is 0 Å². The van der Waals surface area contributed by atoms with E-state index < -0.39 is 10.8 Å². The van der Waals surface area contributed by atoms with E-state index in [1.54, 1.807) is 0 Å². The second-order valence-electron chi connectivity index (χ2n) is 3.61. The number of carbonyl (C=O) groups excluding carboxylic acids is 1. The number of unbranched alkanes of at least 4 members (excludes halogenated alkanes) is 1. The molecule has 98 valence electrons. The Bertz CT molecular complexity index is 451. The second-order valence-corrected chi connectivity index (χ2v) is 4.04. The van der Waals surface area contributed by atoms with E-state index in [1.165, 1.54) is 12.1 Å². The molecule has 18 heavy (non-hydrogen) atoms. The standard InChI is InChI=1S/C11H13ClN2O4/c12-8-3-4-9(10(7-8)14(17)18)11(16)13-5-1-2-6-15/h3-4,7,15H,1-2,5-6H2,(H,13,16). The molecular weight excluding hydrogens is 260 g/mol. The van der Waals surface area contributed by atoms with Crippen LogP contribution in [0.3, 0.4) is 0 Å². The van der Waals surface area contributed by atoms with E-state index >= 15 is 0 Å². The van der Waals surface area contributed by atoms with Gasteiger partial charge in [0.15, 0.2) is 0 Å². The maximum absolute atomic E-state index is 11.7. The number of halogens is 1. The summed E-state index contributed by atoms with van der Waals surface area (Å²) >= 11 is 5.65. The normalized spacial score (nSPS) is 10.1. The minimum Gasteiger partial charge on any atom is -0.396 e. The average Bonchev–Trinajstić information content (AvgIpc) is 2.34. The van der Waals surface area contributed by atoms with Crippen molar-refractivity contribution in [2.75, 3.05) is 13.2 Å². The quantitative estimate of drug-likeness (QED) is 0.469. The van der Waals surface area contributed by atoms with Gasteiger partial charge in [-0.1, -0.05) is 11.6 Å². The molecule has 0 radical (unpaired) electrons. The molecule has 0 heterocycles. The molecule has 0 bridgehead atoms. The number of hydrogen-bond acceptors (Lipinski definition) is 4. The van der Waals surface area contributed by atoms with Crippen LogP contribution >= 0.6 is 11.6 Å². The van der Waals surface area contributed by atoms with Gasteiger partial charge in [0.1, 0.15) is 5.56 Å². The van der Waals surface area contributed by atoms with Gasteiger partial charge in [0.25, 0.3) is 11.6 Å². The fourth-order valence-electron chi connectivity index (χ4n) is 1.38. The molecule has 0 aliphatic heterocycles. The summed E-state index contributed by atoms with van der Waals surface area (Å²) < 4.78 is 0. The molecule has 1 aromatic rings. The summed E-state index contributed by atoms with van der Waals surface area (Å²) in [5.74, 6) is -0.517. The lowest BCUT2D eigenvalue weighted by atomic mass is 10.1. The minimum atomic E-state index is -0.644. The number of amides is 1. The second kappa shape index (κ2) is 6.93. The fraction of sp³-hybridized carbons (Fsp3) is 0.364. The third-order valence-electron chi connectivity index (χ3n) is 2.27. The molecule has 0 aromatic heterocycles. The molecule has 0 aliphatic carbocycles. The maximum Gasteiger partial charge on any atom is 0.283 e. The topological polar surface area (TPSA) is 92.5 Å². The van der Waals surface area contributed by atoms with E-state index in [0.29, 0.717) is 19.4 Å². The Morgan fingerprint density at radius 1 is 1.44 bits per heavy atom.